The molecule has 0 radical (unpaired) electrons. The lowest BCUT2D eigenvalue weighted by molar-refractivity contribution is -0.173. The summed E-state index contributed by atoms with van der Waals surface area (Å²) in [6.45, 7) is 0.799. The van der Waals surface area contributed by atoms with E-state index in [1.807, 2.05) is 0 Å². The van der Waals surface area contributed by atoms with Crippen molar-refractivity contribution in [2.75, 3.05) is 7.04 Å². The van der Waals surface area contributed by atoms with E-state index in [1.54, 1.807) is 43.3 Å². The number of methoxy groups -OCH3 is 1. The number of benzene rings is 2. The van der Waals surface area contributed by atoms with Crippen molar-refractivity contribution < 1.29 is 22.5 Å². The first-order valence-electron chi connectivity index (χ1n) is 15.8. The van der Waals surface area contributed by atoms with Gasteiger partial charge >= 0.3 is 5.97 Å². The number of unbranched alkanes of at least 4 members (excludes halogenated alkanes) is 11. The zero-order valence-electron chi connectivity index (χ0n) is 26.5. The van der Waals surface area contributed by atoms with Crippen LogP contribution in [0.25, 0.3) is 10.8 Å². The van der Waals surface area contributed by atoms with Gasteiger partial charge in [0.25, 0.3) is 0 Å². The lowest BCUT2D eigenvalue weighted by Crippen LogP contribution is -2.38. The molecule has 0 amide bonds. The van der Waals surface area contributed by atoms with Gasteiger partial charge in [-0.1, -0.05) is 120 Å². The van der Waals surface area contributed by atoms with Gasteiger partial charge in [-0.25, -0.2) is 4.79 Å². The minimum Gasteiger partial charge on any atom is -0.460 e. The van der Waals surface area contributed by atoms with E-state index in [2.05, 4.69) is 6.92 Å². The van der Waals surface area contributed by atoms with Crippen molar-refractivity contribution in [3.63, 3.8) is 0 Å². The first-order chi connectivity index (χ1) is 18.4. The number of carbonyl (C=O) groups is 1. The molecule has 0 aliphatic carbocycles. The summed E-state index contributed by atoms with van der Waals surface area (Å²) in [4.78, 5) is 13.6. The molecule has 3 nitrogen and oxygen atoms in total. The second-order valence-electron chi connectivity index (χ2n) is 9.20. The normalized spacial score (nSPS) is 17.6. The summed E-state index contributed by atoms with van der Waals surface area (Å²) in [5.41, 5.74) is -2.84. The lowest BCUT2D eigenvalue weighted by Gasteiger charge is -2.29. The van der Waals surface area contributed by atoms with Gasteiger partial charge in [0.2, 0.25) is 0 Å². The van der Waals surface area contributed by atoms with Gasteiger partial charge in [-0.2, -0.15) is 0 Å². The Morgan fingerprint density at radius 1 is 0.879 bits per heavy atom. The Morgan fingerprint density at radius 2 is 1.48 bits per heavy atom. The molecule has 2 rings (SSSR count). The van der Waals surface area contributed by atoms with Gasteiger partial charge in [0.1, 0.15) is 0 Å². The summed E-state index contributed by atoms with van der Waals surface area (Å²) < 4.78 is 58.8. The molecule has 0 saturated carbocycles. The van der Waals surface area contributed by atoms with Crippen molar-refractivity contribution in [1.82, 2.24) is 0 Å². The average Bonchev–Trinajstić information content (AvgIpc) is 2.86. The summed E-state index contributed by atoms with van der Waals surface area (Å²) in [7, 11) is -3.15. The fourth-order valence-electron chi connectivity index (χ4n) is 4.34. The Morgan fingerprint density at radius 3 is 2.12 bits per heavy atom. The van der Waals surface area contributed by atoms with Crippen molar-refractivity contribution in [2.24, 2.45) is 0 Å². The largest absolute Gasteiger partial charge is 0.460 e. The zero-order valence-corrected chi connectivity index (χ0v) is 20.5. The summed E-state index contributed by atoms with van der Waals surface area (Å²) >= 11 is 0. The second kappa shape index (κ2) is 15.1. The Balaban J connectivity index is 2.00. The quantitative estimate of drug-likeness (QED) is 0.175. The third kappa shape index (κ3) is 8.77. The van der Waals surface area contributed by atoms with Gasteiger partial charge in [-0.05, 0) is 37.4 Å². The van der Waals surface area contributed by atoms with Crippen molar-refractivity contribution in [3.8, 4) is 0 Å². The highest BCUT2D eigenvalue weighted by molar-refractivity contribution is 5.92. The molecule has 0 aliphatic heterocycles. The highest BCUT2D eigenvalue weighted by Crippen LogP contribution is 2.33. The van der Waals surface area contributed by atoms with E-state index in [4.69, 9.17) is 17.7 Å². The Kier molecular flexibility index (Phi) is 8.90. The summed E-state index contributed by atoms with van der Waals surface area (Å²) in [6, 6.07) is 11.7. The number of rotatable bonds is 17. The molecule has 0 aromatic heterocycles. The van der Waals surface area contributed by atoms with Crippen LogP contribution in [-0.4, -0.2) is 19.1 Å². The van der Waals surface area contributed by atoms with Crippen LogP contribution in [0.5, 0.6) is 0 Å². The van der Waals surface area contributed by atoms with Gasteiger partial charge in [0, 0.05) is 16.7 Å². The van der Waals surface area contributed by atoms with E-state index < -0.39 is 31.6 Å². The van der Waals surface area contributed by atoms with Crippen LogP contribution in [0, 0.1) is 0 Å². The third-order valence-electron chi connectivity index (χ3n) is 6.38. The summed E-state index contributed by atoms with van der Waals surface area (Å²) in [5, 5.41) is 1.08. The highest BCUT2D eigenvalue weighted by Gasteiger charge is 2.39. The van der Waals surface area contributed by atoms with Crippen molar-refractivity contribution >= 4 is 16.7 Å². The van der Waals surface area contributed by atoms with Gasteiger partial charge < -0.3 is 9.47 Å². The number of ether oxygens (including phenoxy) is 2. The maximum atomic E-state index is 13.6. The van der Waals surface area contributed by atoms with Crippen LogP contribution in [0.2, 0.25) is 0 Å². The zero-order chi connectivity index (χ0) is 28.9. The van der Waals surface area contributed by atoms with E-state index >= 15 is 0 Å². The van der Waals surface area contributed by atoms with E-state index in [0.717, 1.165) is 19.3 Å². The molecule has 0 N–H and O–H groups in total. The van der Waals surface area contributed by atoms with E-state index in [9.17, 15) is 4.79 Å². The number of fused-ring (bicyclic) bond motifs is 1. The topological polar surface area (TPSA) is 35.5 Å². The molecule has 2 atom stereocenters. The van der Waals surface area contributed by atoms with Gasteiger partial charge in [0.15, 0.2) is 5.60 Å². The molecule has 2 aromatic rings. The molecule has 0 unspecified atom stereocenters. The van der Waals surface area contributed by atoms with Crippen LogP contribution in [0.15, 0.2) is 42.5 Å². The highest BCUT2D eigenvalue weighted by atomic mass is 16.6. The fourth-order valence-corrected chi connectivity index (χ4v) is 4.34. The van der Waals surface area contributed by atoms with Crippen LogP contribution < -0.4 is 0 Å². The number of carbonyl (C=O) groups excluding carboxylic acids is 1. The minimum atomic E-state index is -3.15. The minimum absolute atomic E-state index is 0.0423. The Hall–Kier alpha value is -1.87. The van der Waals surface area contributed by atoms with E-state index in [-0.39, 0.29) is 5.56 Å². The molecule has 0 aliphatic rings. The average molecular weight is 461 g/mol. The maximum absolute atomic E-state index is 13.6. The van der Waals surface area contributed by atoms with Gasteiger partial charge in [-0.3, -0.25) is 0 Å². The summed E-state index contributed by atoms with van der Waals surface area (Å²) in [5.74, 6) is -1.21. The molecular weight excluding hydrogens is 408 g/mol. The fraction of sp³-hybridized carbons (Fsp3) is 0.633. The molecule has 184 valence electrons. The molecule has 33 heavy (non-hydrogen) atoms. The van der Waals surface area contributed by atoms with E-state index in [1.165, 1.54) is 63.9 Å². The number of hydrogen-bond donors (Lipinski definition) is 0. The molecule has 0 saturated heterocycles. The lowest BCUT2D eigenvalue weighted by atomic mass is 9.90. The molecular formula is C30H46O3. The maximum Gasteiger partial charge on any atom is 0.343 e. The molecule has 0 bridgehead atoms. The van der Waals surface area contributed by atoms with Crippen LogP contribution in [0.1, 0.15) is 118 Å². The smallest absolute Gasteiger partial charge is 0.343 e. The van der Waals surface area contributed by atoms with Crippen molar-refractivity contribution in [3.05, 3.63) is 48.0 Å². The predicted molar refractivity (Wildman–Crippen MR) is 140 cm³/mol. The van der Waals surface area contributed by atoms with Gasteiger partial charge in [-0.15, -0.1) is 0 Å². The van der Waals surface area contributed by atoms with Crippen LogP contribution in [-0.2, 0) is 19.9 Å². The van der Waals surface area contributed by atoms with Gasteiger partial charge in [0.05, 0.1) is 10.2 Å². The van der Waals surface area contributed by atoms with Crippen molar-refractivity contribution in [2.45, 2.75) is 116 Å². The Labute approximate surface area is 210 Å². The number of esters is 1. The molecule has 2 aromatic carbocycles. The van der Waals surface area contributed by atoms with Crippen LogP contribution in [0.3, 0.4) is 0 Å². The Bertz CT molecular complexity index is 999. The SMILES string of the molecule is [2H]C([2H])([2H])O[C@@](C(=O)O[C@@H](C)CCCCCCCCCCCCCC)(c1cccc2ccccc12)C([2H])([2H])[2H]. The standard InChI is InChI=1S/C30H46O3/c1-5-6-7-8-9-10-11-12-13-14-15-16-20-25(2)33-29(31)30(3,32-4)28-24-19-22-26-21-17-18-23-27(26)28/h17-19,21-25H,5-16,20H2,1-4H3/t25-,30+/m0/s1/i3D3,4D3. The van der Waals surface area contributed by atoms with E-state index in [0.29, 0.717) is 17.2 Å². The second-order valence-corrected chi connectivity index (χ2v) is 9.20. The first-order valence-corrected chi connectivity index (χ1v) is 12.8. The summed E-state index contributed by atoms with van der Waals surface area (Å²) in [6.07, 6.45) is 14.5. The predicted octanol–water partition coefficient (Wildman–Crippen LogP) is 8.72. The van der Waals surface area contributed by atoms with Crippen LogP contribution in [0.4, 0.5) is 0 Å². The monoisotopic (exact) mass is 460 g/mol. The van der Waals surface area contributed by atoms with Crippen molar-refractivity contribution in [1.29, 1.82) is 0 Å². The number of hydrogen-bond acceptors (Lipinski definition) is 3. The molecule has 0 heterocycles. The first kappa shape index (κ1) is 19.4. The molecule has 3 heteroatoms. The molecule has 0 spiro atoms. The third-order valence-corrected chi connectivity index (χ3v) is 6.38. The molecule has 0 fully saturated rings. The van der Waals surface area contributed by atoms with Crippen LogP contribution >= 0.6 is 0 Å².